The molecule has 0 spiro atoms. The fraction of sp³-hybridized carbons (Fsp3) is 0.0204. The first kappa shape index (κ1) is 28.9. The molecular formula is C49H33N3. The molecule has 0 saturated carbocycles. The van der Waals surface area contributed by atoms with Gasteiger partial charge in [0.25, 0.3) is 0 Å². The lowest BCUT2D eigenvalue weighted by atomic mass is 9.99. The molecule has 3 heteroatoms. The maximum atomic E-state index is 2.49. The van der Waals surface area contributed by atoms with Crippen molar-refractivity contribution in [2.24, 2.45) is 7.05 Å². The average Bonchev–Trinajstić information content (AvgIpc) is 3.83. The molecule has 0 amide bonds. The van der Waals surface area contributed by atoms with Gasteiger partial charge >= 0.3 is 0 Å². The predicted molar refractivity (Wildman–Crippen MR) is 220 cm³/mol. The van der Waals surface area contributed by atoms with Gasteiger partial charge in [0, 0.05) is 50.6 Å². The lowest BCUT2D eigenvalue weighted by Gasteiger charge is -2.13. The third-order valence-electron chi connectivity index (χ3n) is 11.0. The van der Waals surface area contributed by atoms with E-state index in [1.54, 1.807) is 0 Å². The SMILES string of the molecule is Cn1c2ccccc2c2cc3c4ccccc4n(-c4cccc5c4c4ccccc4n5-c4cccc(-c5cccc(-c6ccccc6)c5)c4)c3cc21. The summed E-state index contributed by atoms with van der Waals surface area (Å²) in [6, 6.07) is 66.5. The van der Waals surface area contributed by atoms with Crippen molar-refractivity contribution in [1.29, 1.82) is 0 Å². The Bertz CT molecular complexity index is 3190. The standard InChI is InChI=1S/C49H33N3/c1-50-42-23-8-5-20-37(42)40-30-41-38-21-6-9-24-43(38)52(48(41)31-47(40)50)46-27-13-26-45-49(46)39-22-7-10-25-44(39)51(45)36-19-12-18-35(29-36)34-17-11-16-33(28-34)32-14-3-2-4-15-32/h2-31H,1H3. The van der Waals surface area contributed by atoms with Gasteiger partial charge in [0.15, 0.2) is 0 Å². The smallest absolute Gasteiger partial charge is 0.0562 e. The van der Waals surface area contributed by atoms with Crippen LogP contribution in [0.1, 0.15) is 0 Å². The van der Waals surface area contributed by atoms with E-state index in [-0.39, 0.29) is 0 Å². The van der Waals surface area contributed by atoms with Crippen LogP contribution in [0.5, 0.6) is 0 Å². The second kappa shape index (κ2) is 11.1. The van der Waals surface area contributed by atoms with Crippen molar-refractivity contribution in [2.45, 2.75) is 0 Å². The van der Waals surface area contributed by atoms with E-state index in [1.165, 1.54) is 93.4 Å². The zero-order valence-electron chi connectivity index (χ0n) is 28.7. The van der Waals surface area contributed by atoms with Crippen molar-refractivity contribution in [1.82, 2.24) is 13.7 Å². The second-order valence-corrected chi connectivity index (χ2v) is 13.8. The monoisotopic (exact) mass is 663 g/mol. The van der Waals surface area contributed by atoms with Crippen molar-refractivity contribution >= 4 is 65.4 Å². The Morgan fingerprint density at radius 3 is 1.63 bits per heavy atom. The molecule has 0 saturated heterocycles. The Balaban J connectivity index is 1.17. The number of para-hydroxylation sites is 3. The number of nitrogens with zero attached hydrogens (tertiary/aromatic N) is 3. The number of hydrogen-bond donors (Lipinski definition) is 0. The molecular weight excluding hydrogens is 631 g/mol. The first-order valence-electron chi connectivity index (χ1n) is 17.9. The summed E-state index contributed by atoms with van der Waals surface area (Å²) in [4.78, 5) is 0. The van der Waals surface area contributed by atoms with E-state index in [0.29, 0.717) is 0 Å². The van der Waals surface area contributed by atoms with Crippen LogP contribution in [0.3, 0.4) is 0 Å². The first-order valence-corrected chi connectivity index (χ1v) is 17.9. The fourth-order valence-electron chi connectivity index (χ4n) is 8.68. The van der Waals surface area contributed by atoms with E-state index >= 15 is 0 Å². The number of benzene rings is 8. The van der Waals surface area contributed by atoms with Gasteiger partial charge < -0.3 is 13.7 Å². The average molecular weight is 664 g/mol. The van der Waals surface area contributed by atoms with Gasteiger partial charge in [0.05, 0.1) is 33.3 Å². The van der Waals surface area contributed by atoms with Crippen LogP contribution in [-0.2, 0) is 7.05 Å². The molecule has 0 N–H and O–H groups in total. The molecule has 0 unspecified atom stereocenters. The lowest BCUT2D eigenvalue weighted by Crippen LogP contribution is -1.97. The molecule has 11 rings (SSSR count). The van der Waals surface area contributed by atoms with Gasteiger partial charge in [0.2, 0.25) is 0 Å². The van der Waals surface area contributed by atoms with Crippen LogP contribution in [0.15, 0.2) is 182 Å². The minimum atomic E-state index is 1.14. The highest BCUT2D eigenvalue weighted by atomic mass is 15.0. The molecule has 8 aromatic carbocycles. The van der Waals surface area contributed by atoms with E-state index in [2.05, 4.69) is 203 Å². The van der Waals surface area contributed by atoms with Crippen LogP contribution in [0.4, 0.5) is 0 Å². The summed E-state index contributed by atoms with van der Waals surface area (Å²) in [7, 11) is 2.18. The van der Waals surface area contributed by atoms with E-state index in [0.717, 1.165) is 5.69 Å². The lowest BCUT2D eigenvalue weighted by molar-refractivity contribution is 1.01. The molecule has 0 aliphatic heterocycles. The van der Waals surface area contributed by atoms with Gasteiger partial charge in [-0.2, -0.15) is 0 Å². The summed E-state index contributed by atoms with van der Waals surface area (Å²) < 4.78 is 7.27. The molecule has 11 aromatic rings. The molecule has 0 aliphatic carbocycles. The molecule has 0 bridgehead atoms. The third kappa shape index (κ3) is 4.14. The fourth-order valence-corrected chi connectivity index (χ4v) is 8.68. The van der Waals surface area contributed by atoms with E-state index in [4.69, 9.17) is 0 Å². The number of rotatable bonds is 4. The molecule has 0 fully saturated rings. The Labute approximate surface area is 300 Å². The van der Waals surface area contributed by atoms with E-state index in [9.17, 15) is 0 Å². The van der Waals surface area contributed by atoms with Crippen molar-refractivity contribution in [3.8, 4) is 33.6 Å². The van der Waals surface area contributed by atoms with Crippen molar-refractivity contribution in [2.75, 3.05) is 0 Å². The largest absolute Gasteiger partial charge is 0.344 e. The molecule has 0 atom stereocenters. The first-order chi connectivity index (χ1) is 25.7. The zero-order chi connectivity index (χ0) is 34.3. The Hall–Kier alpha value is -6.84. The summed E-state index contributed by atoms with van der Waals surface area (Å²) in [5.74, 6) is 0. The van der Waals surface area contributed by atoms with Gasteiger partial charge in [-0.05, 0) is 82.9 Å². The van der Waals surface area contributed by atoms with Crippen LogP contribution in [-0.4, -0.2) is 13.7 Å². The normalized spacial score (nSPS) is 11.9. The summed E-state index contributed by atoms with van der Waals surface area (Å²) in [6.45, 7) is 0. The van der Waals surface area contributed by atoms with Gasteiger partial charge in [-0.1, -0.05) is 121 Å². The summed E-state index contributed by atoms with van der Waals surface area (Å²) in [5, 5.41) is 7.59. The Kier molecular flexibility index (Phi) is 6.17. The minimum Gasteiger partial charge on any atom is -0.344 e. The summed E-state index contributed by atoms with van der Waals surface area (Å²) in [6.07, 6.45) is 0. The number of fused-ring (bicyclic) bond motifs is 9. The highest BCUT2D eigenvalue weighted by molar-refractivity contribution is 6.20. The van der Waals surface area contributed by atoms with Crippen LogP contribution in [0, 0.1) is 0 Å². The minimum absolute atomic E-state index is 1.14. The second-order valence-electron chi connectivity index (χ2n) is 13.8. The highest BCUT2D eigenvalue weighted by Gasteiger charge is 2.21. The highest BCUT2D eigenvalue weighted by Crippen LogP contribution is 2.42. The molecule has 3 aromatic heterocycles. The topological polar surface area (TPSA) is 14.8 Å². The molecule has 52 heavy (non-hydrogen) atoms. The van der Waals surface area contributed by atoms with Crippen LogP contribution >= 0.6 is 0 Å². The van der Waals surface area contributed by atoms with Crippen LogP contribution < -0.4 is 0 Å². The van der Waals surface area contributed by atoms with Gasteiger partial charge in [-0.3, -0.25) is 0 Å². The maximum Gasteiger partial charge on any atom is 0.0562 e. The predicted octanol–water partition coefficient (Wildman–Crippen LogP) is 12.9. The molecule has 0 aliphatic rings. The van der Waals surface area contributed by atoms with Crippen LogP contribution in [0.25, 0.3) is 99.0 Å². The number of aromatic nitrogens is 3. The number of hydrogen-bond acceptors (Lipinski definition) is 0. The van der Waals surface area contributed by atoms with Gasteiger partial charge in [0.1, 0.15) is 0 Å². The Morgan fingerprint density at radius 2 is 0.846 bits per heavy atom. The quantitative estimate of drug-likeness (QED) is 0.178. The summed E-state index contributed by atoms with van der Waals surface area (Å²) in [5.41, 5.74) is 14.5. The van der Waals surface area contributed by atoms with E-state index in [1.807, 2.05) is 0 Å². The molecule has 3 heterocycles. The summed E-state index contributed by atoms with van der Waals surface area (Å²) >= 11 is 0. The number of aryl methyl sites for hydroxylation is 1. The molecule has 0 radical (unpaired) electrons. The maximum absolute atomic E-state index is 2.49. The van der Waals surface area contributed by atoms with E-state index < -0.39 is 0 Å². The van der Waals surface area contributed by atoms with Gasteiger partial charge in [-0.15, -0.1) is 0 Å². The molecule has 3 nitrogen and oxygen atoms in total. The van der Waals surface area contributed by atoms with Crippen molar-refractivity contribution in [3.05, 3.63) is 182 Å². The van der Waals surface area contributed by atoms with Crippen molar-refractivity contribution < 1.29 is 0 Å². The van der Waals surface area contributed by atoms with Crippen LogP contribution in [0.2, 0.25) is 0 Å². The zero-order valence-corrected chi connectivity index (χ0v) is 28.7. The van der Waals surface area contributed by atoms with Crippen molar-refractivity contribution in [3.63, 3.8) is 0 Å². The third-order valence-corrected chi connectivity index (χ3v) is 11.0. The Morgan fingerprint density at radius 1 is 0.308 bits per heavy atom. The van der Waals surface area contributed by atoms with Gasteiger partial charge in [-0.25, -0.2) is 0 Å². The molecule has 244 valence electrons.